The maximum Gasteiger partial charge on any atom is 0.242 e. The van der Waals surface area contributed by atoms with Gasteiger partial charge in [0.2, 0.25) is 5.85 Å². The molecule has 4 N–H and O–H groups in total. The van der Waals surface area contributed by atoms with E-state index < -0.39 is 5.85 Å². The number of allylic oxidation sites excluding steroid dienone is 5. The number of nitrogens with two attached hydrogens (primary N) is 2. The van der Waals surface area contributed by atoms with Gasteiger partial charge in [-0.1, -0.05) is 35.9 Å². The third-order valence-corrected chi connectivity index (χ3v) is 8.05. The zero-order valence-electron chi connectivity index (χ0n) is 20.6. The number of ether oxygens (including phenoxy) is 1. The molecular formula is C29H41FN2O. The topological polar surface area (TPSA) is 61.3 Å². The molecule has 33 heavy (non-hydrogen) atoms. The monoisotopic (exact) mass is 452 g/mol. The molecule has 4 heteroatoms. The molecule has 0 bridgehead atoms. The summed E-state index contributed by atoms with van der Waals surface area (Å²) in [6.45, 7) is 5.53. The molecule has 0 aliphatic heterocycles. The maximum absolute atomic E-state index is 14.1. The van der Waals surface area contributed by atoms with Gasteiger partial charge in [-0.25, -0.2) is 0 Å². The molecule has 4 rings (SSSR count). The summed E-state index contributed by atoms with van der Waals surface area (Å²) in [5, 5.41) is 0. The van der Waals surface area contributed by atoms with E-state index in [9.17, 15) is 4.39 Å². The lowest BCUT2D eigenvalue weighted by Crippen LogP contribution is -2.27. The van der Waals surface area contributed by atoms with E-state index in [1.165, 1.54) is 75.5 Å². The Kier molecular flexibility index (Phi) is 7.16. The maximum atomic E-state index is 14.1. The summed E-state index contributed by atoms with van der Waals surface area (Å²) in [6, 6.07) is 8.16. The van der Waals surface area contributed by atoms with Crippen molar-refractivity contribution >= 4 is 0 Å². The normalized spacial score (nSPS) is 29.2. The highest BCUT2D eigenvalue weighted by Crippen LogP contribution is 2.51. The standard InChI is InChI=1S/C29H41FN2O/c1-20-6-4-7-22(21-10-13-29(14-11-21)15-12-24(32)18-29)17-26(20)27(19-31)23-8-5-9-25(16-23)33-28(2,3)30/h5-9,16-17,21,24,27H,4,10-15,18-19,31-32H2,1-3H3. The summed E-state index contributed by atoms with van der Waals surface area (Å²) < 4.78 is 19.6. The van der Waals surface area contributed by atoms with Crippen molar-refractivity contribution in [2.24, 2.45) is 22.8 Å². The molecule has 180 valence electrons. The molecule has 1 aromatic rings. The van der Waals surface area contributed by atoms with Gasteiger partial charge in [0.05, 0.1) is 0 Å². The van der Waals surface area contributed by atoms with Crippen LogP contribution in [0.25, 0.3) is 0 Å². The zero-order chi connectivity index (χ0) is 23.6. The molecule has 0 radical (unpaired) electrons. The summed E-state index contributed by atoms with van der Waals surface area (Å²) in [6.07, 6.45) is 16.9. The fourth-order valence-electron chi connectivity index (χ4n) is 6.29. The second-order valence-corrected chi connectivity index (χ2v) is 11.0. The highest BCUT2D eigenvalue weighted by molar-refractivity contribution is 5.48. The van der Waals surface area contributed by atoms with Crippen molar-refractivity contribution in [1.82, 2.24) is 0 Å². The molecular weight excluding hydrogens is 411 g/mol. The molecule has 2 fully saturated rings. The minimum absolute atomic E-state index is 0.0526. The molecule has 0 saturated heterocycles. The number of hydrogen-bond acceptors (Lipinski definition) is 3. The van der Waals surface area contributed by atoms with Crippen LogP contribution in [0.2, 0.25) is 0 Å². The Morgan fingerprint density at radius 1 is 1.15 bits per heavy atom. The van der Waals surface area contributed by atoms with Gasteiger partial charge in [0.15, 0.2) is 0 Å². The van der Waals surface area contributed by atoms with Crippen molar-refractivity contribution in [1.29, 1.82) is 0 Å². The van der Waals surface area contributed by atoms with E-state index in [1.807, 2.05) is 12.1 Å². The zero-order valence-corrected chi connectivity index (χ0v) is 20.6. The van der Waals surface area contributed by atoms with Crippen LogP contribution in [-0.4, -0.2) is 18.4 Å². The van der Waals surface area contributed by atoms with Gasteiger partial charge in [-0.3, -0.25) is 0 Å². The second-order valence-electron chi connectivity index (χ2n) is 11.0. The fraction of sp³-hybridized carbons (Fsp3) is 0.586. The Bertz CT molecular complexity index is 931. The van der Waals surface area contributed by atoms with E-state index in [2.05, 4.69) is 31.2 Å². The van der Waals surface area contributed by atoms with Crippen LogP contribution in [0.1, 0.15) is 83.6 Å². The molecule has 2 unspecified atom stereocenters. The number of alkyl halides is 1. The van der Waals surface area contributed by atoms with Crippen molar-refractivity contribution < 1.29 is 9.13 Å². The number of halogens is 1. The van der Waals surface area contributed by atoms with Crippen LogP contribution in [-0.2, 0) is 0 Å². The molecule has 1 spiro atoms. The number of hydrogen-bond donors (Lipinski definition) is 2. The Morgan fingerprint density at radius 2 is 1.88 bits per heavy atom. The summed E-state index contributed by atoms with van der Waals surface area (Å²) in [4.78, 5) is 0. The van der Waals surface area contributed by atoms with Crippen molar-refractivity contribution in [2.75, 3.05) is 6.54 Å². The molecule has 0 heterocycles. The Labute approximate surface area is 199 Å². The van der Waals surface area contributed by atoms with Gasteiger partial charge >= 0.3 is 0 Å². The van der Waals surface area contributed by atoms with Gasteiger partial charge in [-0.15, -0.1) is 0 Å². The van der Waals surface area contributed by atoms with Crippen LogP contribution < -0.4 is 16.2 Å². The molecule has 3 aliphatic carbocycles. The van der Waals surface area contributed by atoms with Crippen molar-refractivity contribution in [3.8, 4) is 5.75 Å². The van der Waals surface area contributed by atoms with Crippen molar-refractivity contribution in [3.63, 3.8) is 0 Å². The third kappa shape index (κ3) is 5.78. The van der Waals surface area contributed by atoms with Crippen molar-refractivity contribution in [2.45, 2.75) is 90.0 Å². The Balaban J connectivity index is 1.55. The molecule has 2 saturated carbocycles. The van der Waals surface area contributed by atoms with E-state index in [4.69, 9.17) is 16.2 Å². The SMILES string of the molecule is CC1=CCC=C(C2CCC3(CCC(N)C3)CC2)C=C1C(CN)c1cccc(OC(C)(C)F)c1. The first kappa shape index (κ1) is 24.2. The first-order chi connectivity index (χ1) is 15.7. The highest BCUT2D eigenvalue weighted by atomic mass is 19.2. The highest BCUT2D eigenvalue weighted by Gasteiger charge is 2.41. The minimum atomic E-state index is -1.72. The third-order valence-electron chi connectivity index (χ3n) is 8.05. The Hall–Kier alpha value is -1.91. The molecule has 0 aromatic heterocycles. The van der Waals surface area contributed by atoms with Gasteiger partial charge in [-0.05, 0) is 98.5 Å². The largest absolute Gasteiger partial charge is 0.459 e. The average Bonchev–Trinajstić information content (AvgIpc) is 3.00. The van der Waals surface area contributed by atoms with Crippen LogP contribution >= 0.6 is 0 Å². The van der Waals surface area contributed by atoms with E-state index in [0.29, 0.717) is 29.7 Å². The lowest BCUT2D eigenvalue weighted by Gasteiger charge is -2.38. The molecule has 3 aliphatic rings. The van der Waals surface area contributed by atoms with E-state index in [1.54, 1.807) is 6.07 Å². The van der Waals surface area contributed by atoms with Gasteiger partial charge in [0.1, 0.15) is 5.75 Å². The number of benzene rings is 1. The molecule has 3 nitrogen and oxygen atoms in total. The minimum Gasteiger partial charge on any atom is -0.459 e. The van der Waals surface area contributed by atoms with Gasteiger partial charge < -0.3 is 16.2 Å². The first-order valence-corrected chi connectivity index (χ1v) is 12.7. The molecule has 1 aromatic carbocycles. The predicted octanol–water partition coefficient (Wildman–Crippen LogP) is 6.70. The first-order valence-electron chi connectivity index (χ1n) is 12.7. The number of rotatable bonds is 6. The molecule has 2 atom stereocenters. The van der Waals surface area contributed by atoms with E-state index in [0.717, 1.165) is 12.0 Å². The summed E-state index contributed by atoms with van der Waals surface area (Å²) in [5.41, 5.74) is 18.2. The quantitative estimate of drug-likeness (QED) is 0.504. The summed E-state index contributed by atoms with van der Waals surface area (Å²) >= 11 is 0. The molecule has 0 amide bonds. The van der Waals surface area contributed by atoms with E-state index in [-0.39, 0.29) is 5.92 Å². The van der Waals surface area contributed by atoms with Crippen LogP contribution in [0.15, 0.2) is 59.2 Å². The Morgan fingerprint density at radius 3 is 2.52 bits per heavy atom. The lowest BCUT2D eigenvalue weighted by molar-refractivity contribution is -0.0257. The van der Waals surface area contributed by atoms with Crippen molar-refractivity contribution in [3.05, 3.63) is 64.8 Å². The van der Waals surface area contributed by atoms with E-state index >= 15 is 0 Å². The van der Waals surface area contributed by atoms with Gasteiger partial charge in [0.25, 0.3) is 0 Å². The van der Waals surface area contributed by atoms with Crippen LogP contribution in [0.4, 0.5) is 4.39 Å². The predicted molar refractivity (Wildman–Crippen MR) is 135 cm³/mol. The fourth-order valence-corrected chi connectivity index (χ4v) is 6.29. The van der Waals surface area contributed by atoms with Crippen LogP contribution in [0.5, 0.6) is 5.75 Å². The smallest absolute Gasteiger partial charge is 0.242 e. The van der Waals surface area contributed by atoms with Crippen LogP contribution in [0.3, 0.4) is 0 Å². The lowest BCUT2D eigenvalue weighted by atomic mass is 9.67. The second kappa shape index (κ2) is 9.76. The summed E-state index contributed by atoms with van der Waals surface area (Å²) in [7, 11) is 0. The van der Waals surface area contributed by atoms with Gasteiger partial charge in [-0.2, -0.15) is 4.39 Å². The van der Waals surface area contributed by atoms with Crippen LogP contribution in [0, 0.1) is 11.3 Å². The van der Waals surface area contributed by atoms with Gasteiger partial charge in [0, 0.05) is 32.4 Å². The summed E-state index contributed by atoms with van der Waals surface area (Å²) in [5.74, 6) is -0.512. The average molecular weight is 453 g/mol.